The van der Waals surface area contributed by atoms with Crippen LogP contribution in [0.2, 0.25) is 0 Å². The molecule has 0 aliphatic heterocycles. The van der Waals surface area contributed by atoms with Crippen LogP contribution in [0, 0.1) is 5.92 Å². The van der Waals surface area contributed by atoms with Crippen LogP contribution in [0.1, 0.15) is 32.3 Å². The fourth-order valence-corrected chi connectivity index (χ4v) is 2.70. The fraction of sp³-hybridized carbons (Fsp3) is 0.619. The molecule has 0 heterocycles. The van der Waals surface area contributed by atoms with E-state index < -0.39 is 0 Å². The Morgan fingerprint density at radius 2 is 2.00 bits per heavy atom. The van der Waals surface area contributed by atoms with Gasteiger partial charge in [0.15, 0.2) is 5.96 Å². The van der Waals surface area contributed by atoms with Gasteiger partial charge in [0.05, 0.1) is 0 Å². The van der Waals surface area contributed by atoms with E-state index >= 15 is 0 Å². The molecule has 0 unspecified atom stereocenters. The van der Waals surface area contributed by atoms with Crippen LogP contribution in [-0.2, 0) is 16.1 Å². The number of anilines is 1. The first-order valence-electron chi connectivity index (χ1n) is 9.95. The Balaban J connectivity index is 0.00000784. The number of likely N-dealkylation sites (N-methyl/N-ethyl adjacent to an activating group) is 1. The summed E-state index contributed by atoms with van der Waals surface area (Å²) in [6, 6.07) is 7.88. The summed E-state index contributed by atoms with van der Waals surface area (Å²) in [6.07, 6.45) is 1.56. The topological polar surface area (TPSA) is 78.0 Å². The third-order valence-electron chi connectivity index (χ3n) is 4.16. The molecule has 3 N–H and O–H groups in total. The molecule has 0 saturated heterocycles. The molecule has 1 amide bonds. The Bertz CT molecular complexity index is 610. The van der Waals surface area contributed by atoms with Crippen molar-refractivity contribution in [3.8, 4) is 0 Å². The molecular formula is C21H38IN5O2. The van der Waals surface area contributed by atoms with Gasteiger partial charge in [-0.05, 0) is 37.1 Å². The Morgan fingerprint density at radius 1 is 1.24 bits per heavy atom. The normalized spacial score (nSPS) is 11.3. The second-order valence-electron chi connectivity index (χ2n) is 7.35. The standard InChI is InChI=1S/C21H37N5O2.HI/c1-17(2)14-20(27)25-19-9-6-8-18(15-19)16-24-21(22-3)23-10-12-26(4)11-7-13-28-5;/h6,8-9,15,17H,7,10-14,16H2,1-5H3,(H,25,27)(H2,22,23,24);1H. The SMILES string of the molecule is CN=C(NCCN(C)CCCOC)NCc1cccc(NC(=O)CC(C)C)c1.I. The number of carbonyl (C=O) groups is 1. The number of nitrogens with one attached hydrogen (secondary N) is 3. The predicted molar refractivity (Wildman–Crippen MR) is 132 cm³/mol. The van der Waals surface area contributed by atoms with Gasteiger partial charge in [-0.15, -0.1) is 24.0 Å². The smallest absolute Gasteiger partial charge is 0.224 e. The zero-order chi connectivity index (χ0) is 20.8. The third kappa shape index (κ3) is 13.5. The second-order valence-corrected chi connectivity index (χ2v) is 7.35. The summed E-state index contributed by atoms with van der Waals surface area (Å²) in [6.45, 7) is 8.26. The van der Waals surface area contributed by atoms with Gasteiger partial charge in [0.2, 0.25) is 5.91 Å². The molecule has 1 rings (SSSR count). The molecule has 7 nitrogen and oxygen atoms in total. The van der Waals surface area contributed by atoms with Crippen LogP contribution in [-0.4, -0.2) is 64.2 Å². The zero-order valence-corrected chi connectivity index (χ0v) is 20.8. The van der Waals surface area contributed by atoms with Crippen molar-refractivity contribution < 1.29 is 9.53 Å². The predicted octanol–water partition coefficient (Wildman–Crippen LogP) is 2.92. The van der Waals surface area contributed by atoms with E-state index in [1.54, 1.807) is 14.2 Å². The van der Waals surface area contributed by atoms with Crippen molar-refractivity contribution in [3.63, 3.8) is 0 Å². The number of aliphatic imine (C=N–C) groups is 1. The molecule has 0 saturated carbocycles. The van der Waals surface area contributed by atoms with Gasteiger partial charge in [-0.3, -0.25) is 9.79 Å². The molecular weight excluding hydrogens is 481 g/mol. The molecule has 0 aliphatic carbocycles. The highest BCUT2D eigenvalue weighted by Gasteiger charge is 2.06. The second kappa shape index (κ2) is 16.4. The summed E-state index contributed by atoms with van der Waals surface area (Å²) in [4.78, 5) is 18.5. The molecule has 0 fully saturated rings. The van der Waals surface area contributed by atoms with Crippen LogP contribution in [0.4, 0.5) is 5.69 Å². The number of hydrogen-bond donors (Lipinski definition) is 3. The molecule has 1 aromatic rings. The van der Waals surface area contributed by atoms with Crippen molar-refractivity contribution in [2.24, 2.45) is 10.9 Å². The van der Waals surface area contributed by atoms with Gasteiger partial charge in [0, 0.05) is 59.1 Å². The van der Waals surface area contributed by atoms with E-state index in [1.165, 1.54) is 0 Å². The van der Waals surface area contributed by atoms with E-state index in [-0.39, 0.29) is 29.9 Å². The first-order valence-corrected chi connectivity index (χ1v) is 9.95. The van der Waals surface area contributed by atoms with E-state index in [2.05, 4.69) is 32.9 Å². The summed E-state index contributed by atoms with van der Waals surface area (Å²) in [5.74, 6) is 1.16. The van der Waals surface area contributed by atoms with Crippen molar-refractivity contribution in [1.82, 2.24) is 15.5 Å². The van der Waals surface area contributed by atoms with E-state index in [9.17, 15) is 4.79 Å². The minimum Gasteiger partial charge on any atom is -0.385 e. The van der Waals surface area contributed by atoms with Gasteiger partial charge in [-0.2, -0.15) is 0 Å². The quantitative estimate of drug-likeness (QED) is 0.171. The number of benzene rings is 1. The fourth-order valence-electron chi connectivity index (χ4n) is 2.70. The van der Waals surface area contributed by atoms with Gasteiger partial charge in [0.1, 0.15) is 0 Å². The van der Waals surface area contributed by atoms with Crippen LogP contribution >= 0.6 is 24.0 Å². The summed E-state index contributed by atoms with van der Waals surface area (Å²) in [5.41, 5.74) is 1.91. The number of rotatable bonds is 12. The van der Waals surface area contributed by atoms with Crippen molar-refractivity contribution in [1.29, 1.82) is 0 Å². The lowest BCUT2D eigenvalue weighted by Gasteiger charge is -2.18. The van der Waals surface area contributed by atoms with Crippen LogP contribution in [0.5, 0.6) is 0 Å². The van der Waals surface area contributed by atoms with Crippen molar-refractivity contribution in [2.45, 2.75) is 33.2 Å². The third-order valence-corrected chi connectivity index (χ3v) is 4.16. The molecule has 0 spiro atoms. The summed E-state index contributed by atoms with van der Waals surface area (Å²) < 4.78 is 5.08. The van der Waals surface area contributed by atoms with Crippen molar-refractivity contribution in [3.05, 3.63) is 29.8 Å². The molecule has 166 valence electrons. The maximum Gasteiger partial charge on any atom is 0.224 e. The molecule has 0 atom stereocenters. The number of guanidine groups is 1. The summed E-state index contributed by atoms with van der Waals surface area (Å²) in [7, 11) is 5.60. The monoisotopic (exact) mass is 519 g/mol. The summed E-state index contributed by atoms with van der Waals surface area (Å²) >= 11 is 0. The van der Waals surface area contributed by atoms with Crippen LogP contribution < -0.4 is 16.0 Å². The minimum atomic E-state index is 0. The maximum absolute atomic E-state index is 11.9. The van der Waals surface area contributed by atoms with E-state index in [1.807, 2.05) is 38.1 Å². The Labute approximate surface area is 193 Å². The highest BCUT2D eigenvalue weighted by atomic mass is 127. The minimum absolute atomic E-state index is 0. The van der Waals surface area contributed by atoms with Gasteiger partial charge in [0.25, 0.3) is 0 Å². The molecule has 0 radical (unpaired) electrons. The van der Waals surface area contributed by atoms with Crippen LogP contribution in [0.15, 0.2) is 29.3 Å². The Morgan fingerprint density at radius 3 is 2.66 bits per heavy atom. The molecule has 8 heteroatoms. The molecule has 0 aromatic heterocycles. The highest BCUT2D eigenvalue weighted by molar-refractivity contribution is 14.0. The van der Waals surface area contributed by atoms with Crippen LogP contribution in [0.25, 0.3) is 0 Å². The van der Waals surface area contributed by atoms with Crippen molar-refractivity contribution in [2.75, 3.05) is 52.8 Å². The number of carbonyl (C=O) groups excluding carboxylic acids is 1. The number of nitrogens with zero attached hydrogens (tertiary/aromatic N) is 2. The lowest BCUT2D eigenvalue weighted by atomic mass is 10.1. The number of halogens is 1. The van der Waals surface area contributed by atoms with Gasteiger partial charge in [-0.25, -0.2) is 0 Å². The van der Waals surface area contributed by atoms with Crippen molar-refractivity contribution >= 4 is 41.5 Å². The van der Waals surface area contributed by atoms with Crippen LogP contribution in [0.3, 0.4) is 0 Å². The maximum atomic E-state index is 11.9. The number of methoxy groups -OCH3 is 1. The highest BCUT2D eigenvalue weighted by Crippen LogP contribution is 2.12. The molecule has 0 aliphatic rings. The van der Waals surface area contributed by atoms with E-state index in [0.29, 0.717) is 18.9 Å². The van der Waals surface area contributed by atoms with Gasteiger partial charge in [-0.1, -0.05) is 26.0 Å². The lowest BCUT2D eigenvalue weighted by Crippen LogP contribution is -2.40. The summed E-state index contributed by atoms with van der Waals surface area (Å²) in [5, 5.41) is 9.59. The zero-order valence-electron chi connectivity index (χ0n) is 18.5. The first kappa shape index (κ1) is 27.6. The van der Waals surface area contributed by atoms with Gasteiger partial charge >= 0.3 is 0 Å². The Hall–Kier alpha value is -1.39. The number of hydrogen-bond acceptors (Lipinski definition) is 4. The molecule has 0 bridgehead atoms. The largest absolute Gasteiger partial charge is 0.385 e. The number of amides is 1. The first-order chi connectivity index (χ1) is 13.4. The Kier molecular flexibility index (Phi) is 15.6. The number of ether oxygens (including phenoxy) is 1. The van der Waals surface area contributed by atoms with E-state index in [4.69, 9.17) is 4.74 Å². The van der Waals surface area contributed by atoms with E-state index in [0.717, 1.165) is 49.9 Å². The molecule has 29 heavy (non-hydrogen) atoms. The van der Waals surface area contributed by atoms with Gasteiger partial charge < -0.3 is 25.6 Å². The average molecular weight is 519 g/mol. The lowest BCUT2D eigenvalue weighted by molar-refractivity contribution is -0.116. The average Bonchev–Trinajstić information content (AvgIpc) is 2.64. The molecule has 1 aromatic carbocycles.